The molecule has 0 spiro atoms. The van der Waals surface area contributed by atoms with Gasteiger partial charge in [-0.2, -0.15) is 36.5 Å². The number of benzene rings is 1. The van der Waals surface area contributed by atoms with Crippen LogP contribution in [0.3, 0.4) is 0 Å². The number of fused-ring (bicyclic) bond motifs is 1. The van der Waals surface area contributed by atoms with Crippen LogP contribution < -0.4 is 16.4 Å². The van der Waals surface area contributed by atoms with Crippen molar-refractivity contribution < 1.29 is 26.3 Å². The second-order valence-electron chi connectivity index (χ2n) is 8.82. The number of nitrogens with one attached hydrogen (secondary N) is 1. The summed E-state index contributed by atoms with van der Waals surface area (Å²) in [5.41, 5.74) is -4.01. The molecule has 0 aliphatic carbocycles. The number of hydrogen-bond donors (Lipinski definition) is 1. The lowest BCUT2D eigenvalue weighted by atomic mass is 10.1. The molecule has 0 fully saturated rings. The number of halogens is 6. The molecule has 3 aromatic heterocycles. The summed E-state index contributed by atoms with van der Waals surface area (Å²) in [5, 5.41) is 11.2. The van der Waals surface area contributed by atoms with Crippen molar-refractivity contribution in [2.24, 2.45) is 7.05 Å². The van der Waals surface area contributed by atoms with E-state index < -0.39 is 46.3 Å². The number of rotatable bonds is 7. The van der Waals surface area contributed by atoms with Gasteiger partial charge in [-0.05, 0) is 31.9 Å². The third-order valence-electron chi connectivity index (χ3n) is 5.92. The van der Waals surface area contributed by atoms with Gasteiger partial charge >= 0.3 is 12.4 Å². The first kappa shape index (κ1) is 27.7. The molecular weight excluding hydrogens is 532 g/mol. The van der Waals surface area contributed by atoms with E-state index in [1.807, 2.05) is 0 Å². The summed E-state index contributed by atoms with van der Waals surface area (Å²) in [7, 11) is 1.13. The molecule has 206 valence electrons. The van der Waals surface area contributed by atoms with Gasteiger partial charge in [0.05, 0.1) is 29.0 Å². The van der Waals surface area contributed by atoms with Crippen molar-refractivity contribution in [3.05, 3.63) is 74.8 Å². The summed E-state index contributed by atoms with van der Waals surface area (Å²) in [5.74, 6) is 0.0516. The Kier molecular flexibility index (Phi) is 7.44. The first-order chi connectivity index (χ1) is 18.3. The molecule has 0 saturated heterocycles. The first-order valence-corrected chi connectivity index (χ1v) is 11.5. The zero-order valence-corrected chi connectivity index (χ0v) is 20.5. The third kappa shape index (κ3) is 6.07. The van der Waals surface area contributed by atoms with Gasteiger partial charge in [-0.1, -0.05) is 6.07 Å². The predicted molar refractivity (Wildman–Crippen MR) is 129 cm³/mol. The van der Waals surface area contributed by atoms with E-state index in [0.717, 1.165) is 13.2 Å². The average molecular weight is 553 g/mol. The summed E-state index contributed by atoms with van der Waals surface area (Å²) >= 11 is 0. The molecular formula is C24H21F6N7O2. The fourth-order valence-electron chi connectivity index (χ4n) is 3.92. The van der Waals surface area contributed by atoms with E-state index in [0.29, 0.717) is 46.3 Å². The maximum Gasteiger partial charge on any atom is 0.423 e. The van der Waals surface area contributed by atoms with E-state index >= 15 is 0 Å². The van der Waals surface area contributed by atoms with Crippen LogP contribution in [0.5, 0.6) is 0 Å². The van der Waals surface area contributed by atoms with Gasteiger partial charge in [0, 0.05) is 43.0 Å². The van der Waals surface area contributed by atoms with Crippen molar-refractivity contribution in [2.75, 3.05) is 5.32 Å². The zero-order chi connectivity index (χ0) is 28.5. The summed E-state index contributed by atoms with van der Waals surface area (Å²) < 4.78 is 80.2. The summed E-state index contributed by atoms with van der Waals surface area (Å²) in [6, 6.07) is 4.07. The average Bonchev–Trinajstić information content (AvgIpc) is 2.86. The molecule has 15 heteroatoms. The Bertz CT molecular complexity index is 1610. The highest BCUT2D eigenvalue weighted by Crippen LogP contribution is 2.32. The molecule has 1 atom stereocenters. The monoisotopic (exact) mass is 553 g/mol. The molecule has 0 aliphatic rings. The second kappa shape index (κ2) is 10.5. The van der Waals surface area contributed by atoms with Crippen LogP contribution in [0.1, 0.15) is 30.9 Å². The Balaban J connectivity index is 1.44. The molecule has 0 saturated carbocycles. The van der Waals surface area contributed by atoms with Crippen LogP contribution in [0.15, 0.2) is 52.6 Å². The first-order valence-electron chi connectivity index (χ1n) is 11.5. The minimum Gasteiger partial charge on any atom is -0.381 e. The Morgan fingerprint density at radius 1 is 0.923 bits per heavy atom. The number of aryl methyl sites for hydroxylation is 2. The predicted octanol–water partition coefficient (Wildman–Crippen LogP) is 4.27. The Morgan fingerprint density at radius 2 is 1.62 bits per heavy atom. The van der Waals surface area contributed by atoms with Crippen LogP contribution >= 0.6 is 0 Å². The third-order valence-corrected chi connectivity index (χ3v) is 5.92. The zero-order valence-electron chi connectivity index (χ0n) is 20.5. The van der Waals surface area contributed by atoms with Crippen LogP contribution in [0, 0.1) is 0 Å². The lowest BCUT2D eigenvalue weighted by Crippen LogP contribution is -2.31. The lowest BCUT2D eigenvalue weighted by Gasteiger charge is -2.19. The Labute approximate surface area is 216 Å². The smallest absolute Gasteiger partial charge is 0.381 e. The van der Waals surface area contributed by atoms with Crippen molar-refractivity contribution in [3.8, 4) is 11.4 Å². The summed E-state index contributed by atoms with van der Waals surface area (Å²) in [6.07, 6.45) is -4.97. The van der Waals surface area contributed by atoms with Gasteiger partial charge in [0.15, 0.2) is 5.82 Å². The van der Waals surface area contributed by atoms with Crippen molar-refractivity contribution >= 4 is 16.5 Å². The molecule has 0 aliphatic heterocycles. The molecule has 4 rings (SSSR count). The quantitative estimate of drug-likeness (QED) is 0.341. The number of aromatic nitrogens is 6. The van der Waals surface area contributed by atoms with Crippen molar-refractivity contribution in [1.29, 1.82) is 0 Å². The maximum absolute atomic E-state index is 13.4. The minimum absolute atomic E-state index is 0.0516. The van der Waals surface area contributed by atoms with Gasteiger partial charge in [-0.15, -0.1) is 0 Å². The van der Waals surface area contributed by atoms with Crippen LogP contribution in [0.25, 0.3) is 22.2 Å². The van der Waals surface area contributed by atoms with Gasteiger partial charge in [0.25, 0.3) is 11.1 Å². The second-order valence-corrected chi connectivity index (χ2v) is 8.82. The van der Waals surface area contributed by atoms with E-state index in [-0.39, 0.29) is 12.4 Å². The molecule has 1 N–H and O–H groups in total. The highest BCUT2D eigenvalue weighted by Gasteiger charge is 2.38. The van der Waals surface area contributed by atoms with Crippen molar-refractivity contribution in [2.45, 2.75) is 44.7 Å². The lowest BCUT2D eigenvalue weighted by molar-refractivity contribution is -0.139. The fourth-order valence-corrected chi connectivity index (χ4v) is 3.92. The van der Waals surface area contributed by atoms with Crippen molar-refractivity contribution in [3.63, 3.8) is 0 Å². The topological polar surface area (TPSA) is 108 Å². The summed E-state index contributed by atoms with van der Waals surface area (Å²) in [4.78, 5) is 32.3. The summed E-state index contributed by atoms with van der Waals surface area (Å²) in [6.45, 7) is 1.81. The standard InChI is InChI=1S/C24H21F6N7O2/c1-13(35-18-12-33-36(2)22(39)19(18)24(28,29)30)4-3-7-37-21(38)17-6-5-14(8-15(17)9-34-37)20-31-10-16(11-32-20)23(25,26)27/h5-6,8-13,35H,3-4,7H2,1-2H3/t13-/m0/s1. The Morgan fingerprint density at radius 3 is 2.26 bits per heavy atom. The normalized spacial score (nSPS) is 13.0. The van der Waals surface area contributed by atoms with E-state index in [4.69, 9.17) is 0 Å². The van der Waals surface area contributed by atoms with Gasteiger partial charge in [-0.3, -0.25) is 9.59 Å². The van der Waals surface area contributed by atoms with E-state index in [1.165, 1.54) is 23.0 Å². The molecule has 3 heterocycles. The number of nitrogens with zero attached hydrogens (tertiary/aromatic N) is 6. The van der Waals surface area contributed by atoms with Crippen LogP contribution in [0.2, 0.25) is 0 Å². The SMILES string of the molecule is C[C@@H](CCCn1ncc2cc(-c3ncc(C(F)(F)F)cn3)ccc2c1=O)Nc1cnn(C)c(=O)c1C(F)(F)F. The van der Waals surface area contributed by atoms with E-state index in [9.17, 15) is 35.9 Å². The van der Waals surface area contributed by atoms with Crippen molar-refractivity contribution in [1.82, 2.24) is 29.5 Å². The molecule has 39 heavy (non-hydrogen) atoms. The molecule has 0 radical (unpaired) electrons. The molecule has 1 aromatic carbocycles. The van der Waals surface area contributed by atoms with Gasteiger partial charge in [0.1, 0.15) is 5.56 Å². The minimum atomic E-state index is -4.86. The molecule has 4 aromatic rings. The molecule has 0 unspecified atom stereocenters. The van der Waals surface area contributed by atoms with Gasteiger partial charge in [0.2, 0.25) is 0 Å². The number of anilines is 1. The van der Waals surface area contributed by atoms with Gasteiger partial charge in [-0.25, -0.2) is 19.3 Å². The van der Waals surface area contributed by atoms with Gasteiger partial charge < -0.3 is 5.32 Å². The van der Waals surface area contributed by atoms with Crippen LogP contribution in [0.4, 0.5) is 32.0 Å². The molecule has 9 nitrogen and oxygen atoms in total. The highest BCUT2D eigenvalue weighted by molar-refractivity contribution is 5.84. The van der Waals surface area contributed by atoms with E-state index in [2.05, 4.69) is 25.5 Å². The van der Waals surface area contributed by atoms with E-state index in [1.54, 1.807) is 13.0 Å². The number of alkyl halides is 6. The molecule has 0 bridgehead atoms. The molecule has 0 amide bonds. The number of hydrogen-bond acceptors (Lipinski definition) is 7. The largest absolute Gasteiger partial charge is 0.423 e. The fraction of sp³-hybridized carbons (Fsp3) is 0.333. The Hall–Kier alpha value is -4.30. The van der Waals surface area contributed by atoms with Crippen LogP contribution in [-0.4, -0.2) is 35.6 Å². The van der Waals surface area contributed by atoms with Crippen LogP contribution in [-0.2, 0) is 25.9 Å². The highest BCUT2D eigenvalue weighted by atomic mass is 19.4. The maximum atomic E-state index is 13.4.